The maximum atomic E-state index is 12.5. The van der Waals surface area contributed by atoms with Crippen molar-refractivity contribution in [3.63, 3.8) is 0 Å². The predicted octanol–water partition coefficient (Wildman–Crippen LogP) is 4.19. The maximum absolute atomic E-state index is 12.5. The van der Waals surface area contributed by atoms with Gasteiger partial charge in [-0.25, -0.2) is 9.59 Å². The molecule has 0 aliphatic carbocycles. The van der Waals surface area contributed by atoms with Crippen molar-refractivity contribution >= 4 is 38.5 Å². The maximum Gasteiger partial charge on any atom is 0.344 e. The summed E-state index contributed by atoms with van der Waals surface area (Å²) in [6.07, 6.45) is 0. The summed E-state index contributed by atoms with van der Waals surface area (Å²) in [4.78, 5) is 24.9. The number of hydrogen-bond acceptors (Lipinski definition) is 4. The Bertz CT molecular complexity index is 1190. The van der Waals surface area contributed by atoms with Gasteiger partial charge in [0.1, 0.15) is 5.58 Å². The van der Waals surface area contributed by atoms with Crippen molar-refractivity contribution in [2.24, 2.45) is 0 Å². The summed E-state index contributed by atoms with van der Waals surface area (Å²) < 4.78 is 10.6. The monoisotopic (exact) mass is 318 g/mol. The van der Waals surface area contributed by atoms with E-state index in [0.29, 0.717) is 27.3 Å². The van der Waals surface area contributed by atoms with Gasteiger partial charge in [-0.3, -0.25) is 0 Å². The molecular formula is C20H14O4. The van der Waals surface area contributed by atoms with Crippen LogP contribution in [0.25, 0.3) is 32.5 Å². The molecule has 24 heavy (non-hydrogen) atoms. The van der Waals surface area contributed by atoms with Crippen molar-refractivity contribution in [1.29, 1.82) is 0 Å². The van der Waals surface area contributed by atoms with Crippen LogP contribution in [0.2, 0.25) is 0 Å². The number of ether oxygens (including phenoxy) is 1. The molecule has 0 fully saturated rings. The van der Waals surface area contributed by atoms with Crippen molar-refractivity contribution in [1.82, 2.24) is 0 Å². The third-order valence-electron chi connectivity index (χ3n) is 4.43. The first-order chi connectivity index (χ1) is 11.6. The molecule has 0 aliphatic heterocycles. The Kier molecular flexibility index (Phi) is 3.13. The number of methoxy groups -OCH3 is 1. The molecular weight excluding hydrogens is 304 g/mol. The molecule has 0 saturated heterocycles. The molecule has 0 atom stereocenters. The van der Waals surface area contributed by atoms with Crippen LogP contribution >= 0.6 is 0 Å². The van der Waals surface area contributed by atoms with Gasteiger partial charge in [-0.15, -0.1) is 0 Å². The van der Waals surface area contributed by atoms with Crippen LogP contribution in [0.1, 0.15) is 15.9 Å². The van der Waals surface area contributed by atoms with Gasteiger partial charge in [0, 0.05) is 16.2 Å². The van der Waals surface area contributed by atoms with Crippen LogP contribution in [-0.2, 0) is 4.74 Å². The fourth-order valence-corrected chi connectivity index (χ4v) is 3.33. The van der Waals surface area contributed by atoms with Gasteiger partial charge >= 0.3 is 11.6 Å². The highest BCUT2D eigenvalue weighted by atomic mass is 16.5. The number of hydrogen-bond donors (Lipinski definition) is 0. The molecule has 1 aromatic heterocycles. The molecule has 4 nitrogen and oxygen atoms in total. The highest BCUT2D eigenvalue weighted by Gasteiger charge is 2.22. The Morgan fingerprint density at radius 1 is 0.917 bits per heavy atom. The van der Waals surface area contributed by atoms with Crippen LogP contribution in [0, 0.1) is 6.92 Å². The lowest BCUT2D eigenvalue weighted by Gasteiger charge is -2.14. The molecule has 0 unspecified atom stereocenters. The van der Waals surface area contributed by atoms with Crippen LogP contribution in [0.5, 0.6) is 0 Å². The minimum atomic E-state index is -0.442. The lowest BCUT2D eigenvalue weighted by atomic mass is 9.93. The quantitative estimate of drug-likeness (QED) is 0.300. The molecule has 0 N–H and O–H groups in total. The van der Waals surface area contributed by atoms with Crippen LogP contribution < -0.4 is 5.63 Å². The minimum Gasteiger partial charge on any atom is -0.465 e. The molecule has 0 saturated carbocycles. The number of rotatable bonds is 1. The van der Waals surface area contributed by atoms with E-state index in [1.807, 2.05) is 43.3 Å². The highest BCUT2D eigenvalue weighted by Crippen LogP contribution is 2.35. The molecule has 3 aromatic carbocycles. The van der Waals surface area contributed by atoms with Gasteiger partial charge in [-0.05, 0) is 23.9 Å². The summed E-state index contributed by atoms with van der Waals surface area (Å²) in [7, 11) is 1.35. The van der Waals surface area contributed by atoms with Crippen molar-refractivity contribution in [3.8, 4) is 0 Å². The average Bonchev–Trinajstić information content (AvgIpc) is 2.62. The second kappa shape index (κ2) is 5.20. The van der Waals surface area contributed by atoms with Crippen LogP contribution in [0.15, 0.2) is 57.7 Å². The first kappa shape index (κ1) is 14.5. The second-order valence-corrected chi connectivity index (χ2v) is 5.68. The highest BCUT2D eigenvalue weighted by molar-refractivity contribution is 6.23. The molecule has 4 rings (SSSR count). The Morgan fingerprint density at radius 2 is 1.50 bits per heavy atom. The van der Waals surface area contributed by atoms with E-state index in [1.54, 1.807) is 12.1 Å². The molecule has 0 bridgehead atoms. The van der Waals surface area contributed by atoms with E-state index < -0.39 is 11.6 Å². The van der Waals surface area contributed by atoms with E-state index in [-0.39, 0.29) is 0 Å². The topological polar surface area (TPSA) is 56.5 Å². The zero-order chi connectivity index (χ0) is 16.8. The smallest absolute Gasteiger partial charge is 0.344 e. The Balaban J connectivity index is 2.42. The van der Waals surface area contributed by atoms with Crippen molar-refractivity contribution < 1.29 is 13.9 Å². The fourth-order valence-electron chi connectivity index (χ4n) is 3.33. The molecule has 0 amide bonds. The van der Waals surface area contributed by atoms with Gasteiger partial charge in [0.2, 0.25) is 0 Å². The average molecular weight is 318 g/mol. The van der Waals surface area contributed by atoms with E-state index in [9.17, 15) is 9.59 Å². The zero-order valence-corrected chi connectivity index (χ0v) is 13.3. The SMILES string of the molecule is COC(=O)c1c(C)c2ccccc2c2oc(=O)c3ccccc3c12. The summed E-state index contributed by atoms with van der Waals surface area (Å²) in [5, 5.41) is 3.43. The van der Waals surface area contributed by atoms with Crippen molar-refractivity contribution in [3.05, 3.63) is 70.1 Å². The molecule has 0 aliphatic rings. The summed E-state index contributed by atoms with van der Waals surface area (Å²) in [6, 6.07) is 14.7. The van der Waals surface area contributed by atoms with Gasteiger partial charge in [-0.1, -0.05) is 42.5 Å². The Labute approximate surface area is 137 Å². The van der Waals surface area contributed by atoms with E-state index in [1.165, 1.54) is 7.11 Å². The first-order valence-electron chi connectivity index (χ1n) is 7.58. The summed E-state index contributed by atoms with van der Waals surface area (Å²) in [6.45, 7) is 1.88. The molecule has 118 valence electrons. The number of benzene rings is 3. The number of esters is 1. The van der Waals surface area contributed by atoms with E-state index in [4.69, 9.17) is 9.15 Å². The van der Waals surface area contributed by atoms with Crippen molar-refractivity contribution in [2.45, 2.75) is 6.92 Å². The third-order valence-corrected chi connectivity index (χ3v) is 4.43. The molecule has 0 spiro atoms. The van der Waals surface area contributed by atoms with Gasteiger partial charge in [-0.2, -0.15) is 0 Å². The molecule has 4 aromatic rings. The number of aryl methyl sites for hydroxylation is 1. The summed E-state index contributed by atoms with van der Waals surface area (Å²) >= 11 is 0. The van der Waals surface area contributed by atoms with Crippen molar-refractivity contribution in [2.75, 3.05) is 7.11 Å². The van der Waals surface area contributed by atoms with E-state index in [2.05, 4.69) is 0 Å². The van der Waals surface area contributed by atoms with Crippen LogP contribution in [-0.4, -0.2) is 13.1 Å². The minimum absolute atomic E-state index is 0.414. The van der Waals surface area contributed by atoms with Crippen LogP contribution in [0.3, 0.4) is 0 Å². The number of carbonyl (C=O) groups excluding carboxylic acids is 1. The number of carbonyl (C=O) groups is 1. The third kappa shape index (κ3) is 1.86. The lowest BCUT2D eigenvalue weighted by molar-refractivity contribution is 0.0602. The fraction of sp³-hybridized carbons (Fsp3) is 0.100. The first-order valence-corrected chi connectivity index (χ1v) is 7.58. The molecule has 0 radical (unpaired) electrons. The van der Waals surface area contributed by atoms with Crippen LogP contribution in [0.4, 0.5) is 0 Å². The summed E-state index contributed by atoms with van der Waals surface area (Å²) in [5.41, 5.74) is 1.25. The molecule has 4 heteroatoms. The van der Waals surface area contributed by atoms with Gasteiger partial charge in [0.15, 0.2) is 0 Å². The van der Waals surface area contributed by atoms with Gasteiger partial charge < -0.3 is 9.15 Å². The molecule has 1 heterocycles. The summed E-state index contributed by atoms with van der Waals surface area (Å²) in [5.74, 6) is -0.442. The largest absolute Gasteiger partial charge is 0.465 e. The Hall–Kier alpha value is -3.14. The Morgan fingerprint density at radius 3 is 2.17 bits per heavy atom. The second-order valence-electron chi connectivity index (χ2n) is 5.68. The predicted molar refractivity (Wildman–Crippen MR) is 93.6 cm³/mol. The standard InChI is InChI=1S/C20H14O4/c1-11-12-7-3-5-9-14(12)18-17(16(11)20(22)23-2)13-8-4-6-10-15(13)19(21)24-18/h3-10H,1-2H3. The van der Waals surface area contributed by atoms with E-state index in [0.717, 1.165) is 16.3 Å². The number of fused-ring (bicyclic) bond motifs is 5. The van der Waals surface area contributed by atoms with Gasteiger partial charge in [0.05, 0.1) is 18.1 Å². The normalized spacial score (nSPS) is 11.2. The lowest BCUT2D eigenvalue weighted by Crippen LogP contribution is -2.08. The zero-order valence-electron chi connectivity index (χ0n) is 13.3. The van der Waals surface area contributed by atoms with E-state index >= 15 is 0 Å². The van der Waals surface area contributed by atoms with Gasteiger partial charge in [0.25, 0.3) is 0 Å².